The van der Waals surface area contributed by atoms with Crippen molar-refractivity contribution in [2.45, 2.75) is 65.5 Å². The van der Waals surface area contributed by atoms with E-state index in [4.69, 9.17) is 4.74 Å². The molecular weight excluding hydrogens is 326 g/mol. The minimum absolute atomic E-state index is 0.191. The predicted molar refractivity (Wildman–Crippen MR) is 93.1 cm³/mol. The van der Waals surface area contributed by atoms with E-state index in [0.29, 0.717) is 18.1 Å². The summed E-state index contributed by atoms with van der Waals surface area (Å²) in [5, 5.41) is 3.63. The second-order valence-corrected chi connectivity index (χ2v) is 7.92. The Morgan fingerprint density at radius 1 is 1.38 bits per heavy atom. The third-order valence-corrected chi connectivity index (χ3v) is 5.17. The van der Waals surface area contributed by atoms with Crippen LogP contribution in [0.5, 0.6) is 5.75 Å². The molecule has 0 radical (unpaired) electrons. The van der Waals surface area contributed by atoms with Gasteiger partial charge < -0.3 is 10.1 Å². The van der Waals surface area contributed by atoms with E-state index in [1.807, 2.05) is 0 Å². The fourth-order valence-electron chi connectivity index (χ4n) is 2.98. The molecule has 0 bridgehead atoms. The molecule has 0 spiro atoms. The lowest BCUT2D eigenvalue weighted by Gasteiger charge is -2.52. The molecule has 1 N–H and O–H groups in total. The number of halogens is 1. The third-order valence-electron chi connectivity index (χ3n) is 4.68. The van der Waals surface area contributed by atoms with Crippen molar-refractivity contribution < 1.29 is 4.74 Å². The highest BCUT2D eigenvalue weighted by molar-refractivity contribution is 9.10. The van der Waals surface area contributed by atoms with Crippen LogP contribution >= 0.6 is 15.9 Å². The number of rotatable bonds is 6. The molecule has 2 nitrogen and oxygen atoms in total. The molecule has 0 saturated heterocycles. The first-order valence-corrected chi connectivity index (χ1v) is 8.85. The molecule has 1 saturated carbocycles. The maximum absolute atomic E-state index is 6.36. The molecule has 1 aromatic carbocycles. The monoisotopic (exact) mass is 353 g/mol. The van der Waals surface area contributed by atoms with Crippen LogP contribution in [0.3, 0.4) is 0 Å². The zero-order valence-corrected chi connectivity index (χ0v) is 15.5. The van der Waals surface area contributed by atoms with Gasteiger partial charge in [-0.2, -0.15) is 0 Å². The van der Waals surface area contributed by atoms with Crippen molar-refractivity contribution in [2.24, 2.45) is 5.41 Å². The Balaban J connectivity index is 2.07. The minimum Gasteiger partial charge on any atom is -0.489 e. The topological polar surface area (TPSA) is 21.3 Å². The first kappa shape index (κ1) is 16.8. The fourth-order valence-corrected chi connectivity index (χ4v) is 3.36. The van der Waals surface area contributed by atoms with Gasteiger partial charge in [-0.05, 0) is 42.6 Å². The van der Waals surface area contributed by atoms with E-state index in [9.17, 15) is 0 Å². The standard InChI is InChI=1S/C18H28BrNO/c1-6-9-20-16-11-17(18(16,4)5)21-15-8-7-13(19)10-14(15)12(2)3/h7-8,10,12,16-17,20H,6,9,11H2,1-5H3. The van der Waals surface area contributed by atoms with Crippen LogP contribution in [0.2, 0.25) is 0 Å². The molecule has 0 heterocycles. The fraction of sp³-hybridized carbons (Fsp3) is 0.667. The highest BCUT2D eigenvalue weighted by Crippen LogP contribution is 2.44. The summed E-state index contributed by atoms with van der Waals surface area (Å²) in [6, 6.07) is 6.92. The number of hydrogen-bond donors (Lipinski definition) is 1. The summed E-state index contributed by atoms with van der Waals surface area (Å²) in [6.07, 6.45) is 2.58. The van der Waals surface area contributed by atoms with Gasteiger partial charge in [-0.3, -0.25) is 0 Å². The molecule has 0 aliphatic heterocycles. The average Bonchev–Trinajstić information content (AvgIpc) is 2.43. The Kier molecular flexibility index (Phi) is 5.37. The highest BCUT2D eigenvalue weighted by Gasteiger charge is 2.49. The van der Waals surface area contributed by atoms with Crippen molar-refractivity contribution in [3.63, 3.8) is 0 Å². The maximum atomic E-state index is 6.36. The van der Waals surface area contributed by atoms with Crippen molar-refractivity contribution >= 4 is 15.9 Å². The van der Waals surface area contributed by atoms with Gasteiger partial charge in [0.2, 0.25) is 0 Å². The average molecular weight is 354 g/mol. The molecule has 0 amide bonds. The summed E-state index contributed by atoms with van der Waals surface area (Å²) in [6.45, 7) is 12.4. The van der Waals surface area contributed by atoms with E-state index in [1.165, 1.54) is 12.0 Å². The van der Waals surface area contributed by atoms with E-state index in [0.717, 1.165) is 23.2 Å². The van der Waals surface area contributed by atoms with Crippen LogP contribution in [-0.4, -0.2) is 18.7 Å². The zero-order valence-electron chi connectivity index (χ0n) is 13.9. The van der Waals surface area contributed by atoms with Crippen LogP contribution in [0.25, 0.3) is 0 Å². The minimum atomic E-state index is 0.191. The first-order valence-electron chi connectivity index (χ1n) is 8.05. The molecule has 2 atom stereocenters. The Bertz CT molecular complexity index is 484. The molecule has 2 unspecified atom stereocenters. The van der Waals surface area contributed by atoms with Crippen molar-refractivity contribution in [2.75, 3.05) is 6.54 Å². The molecular formula is C18H28BrNO. The quantitative estimate of drug-likeness (QED) is 0.766. The number of benzene rings is 1. The molecule has 1 aliphatic rings. The summed E-state index contributed by atoms with van der Waals surface area (Å²) >= 11 is 3.56. The van der Waals surface area contributed by atoms with Gasteiger partial charge in [-0.25, -0.2) is 0 Å². The lowest BCUT2D eigenvalue weighted by molar-refractivity contribution is -0.0551. The van der Waals surface area contributed by atoms with E-state index in [-0.39, 0.29) is 5.41 Å². The third kappa shape index (κ3) is 3.62. The first-order chi connectivity index (χ1) is 9.86. The van der Waals surface area contributed by atoms with Crippen LogP contribution in [-0.2, 0) is 0 Å². The van der Waals surface area contributed by atoms with Crippen LogP contribution in [0.4, 0.5) is 0 Å². The van der Waals surface area contributed by atoms with Crippen molar-refractivity contribution in [3.8, 4) is 5.75 Å². The van der Waals surface area contributed by atoms with Crippen LogP contribution in [0, 0.1) is 5.41 Å². The summed E-state index contributed by atoms with van der Waals surface area (Å²) in [7, 11) is 0. The zero-order chi connectivity index (χ0) is 15.6. The van der Waals surface area contributed by atoms with Gasteiger partial charge in [0.1, 0.15) is 11.9 Å². The van der Waals surface area contributed by atoms with E-state index in [2.05, 4.69) is 74.1 Å². The number of hydrogen-bond acceptors (Lipinski definition) is 2. The number of nitrogens with one attached hydrogen (secondary N) is 1. The summed E-state index contributed by atoms with van der Waals surface area (Å²) in [5.41, 5.74) is 1.47. The molecule has 21 heavy (non-hydrogen) atoms. The Hall–Kier alpha value is -0.540. The van der Waals surface area contributed by atoms with E-state index in [1.54, 1.807) is 0 Å². The highest BCUT2D eigenvalue weighted by atomic mass is 79.9. The van der Waals surface area contributed by atoms with Crippen molar-refractivity contribution in [1.82, 2.24) is 5.32 Å². The molecule has 1 fully saturated rings. The smallest absolute Gasteiger partial charge is 0.123 e. The van der Waals surface area contributed by atoms with Gasteiger partial charge in [-0.1, -0.05) is 50.5 Å². The molecule has 1 aromatic rings. The maximum Gasteiger partial charge on any atom is 0.123 e. The van der Waals surface area contributed by atoms with Crippen LogP contribution in [0.15, 0.2) is 22.7 Å². The lowest BCUT2D eigenvalue weighted by Crippen LogP contribution is -2.62. The van der Waals surface area contributed by atoms with Gasteiger partial charge in [-0.15, -0.1) is 0 Å². The summed E-state index contributed by atoms with van der Waals surface area (Å²) in [4.78, 5) is 0. The Morgan fingerprint density at radius 2 is 2.10 bits per heavy atom. The van der Waals surface area contributed by atoms with Gasteiger partial charge in [0.05, 0.1) is 0 Å². The lowest BCUT2D eigenvalue weighted by atomic mass is 9.64. The second kappa shape index (κ2) is 6.70. The second-order valence-electron chi connectivity index (χ2n) is 7.01. The van der Waals surface area contributed by atoms with E-state index >= 15 is 0 Å². The Morgan fingerprint density at radius 3 is 2.67 bits per heavy atom. The van der Waals surface area contributed by atoms with Crippen molar-refractivity contribution in [1.29, 1.82) is 0 Å². The normalized spacial score (nSPS) is 24.0. The largest absolute Gasteiger partial charge is 0.489 e. The van der Waals surface area contributed by atoms with E-state index < -0.39 is 0 Å². The van der Waals surface area contributed by atoms with Crippen LogP contribution in [0.1, 0.15) is 58.9 Å². The van der Waals surface area contributed by atoms with Gasteiger partial charge >= 0.3 is 0 Å². The van der Waals surface area contributed by atoms with Gasteiger partial charge in [0.15, 0.2) is 0 Å². The van der Waals surface area contributed by atoms with Gasteiger partial charge in [0, 0.05) is 22.4 Å². The SMILES string of the molecule is CCCNC1CC(Oc2ccc(Br)cc2C(C)C)C1(C)C. The van der Waals surface area contributed by atoms with Crippen LogP contribution < -0.4 is 10.1 Å². The molecule has 1 aliphatic carbocycles. The molecule has 0 aromatic heterocycles. The Labute approximate surface area is 137 Å². The number of ether oxygens (including phenoxy) is 1. The summed E-state index contributed by atoms with van der Waals surface area (Å²) in [5.74, 6) is 1.51. The summed E-state index contributed by atoms with van der Waals surface area (Å²) < 4.78 is 7.48. The van der Waals surface area contributed by atoms with Crippen molar-refractivity contribution in [3.05, 3.63) is 28.2 Å². The van der Waals surface area contributed by atoms with Gasteiger partial charge in [0.25, 0.3) is 0 Å². The molecule has 2 rings (SSSR count). The molecule has 3 heteroatoms. The predicted octanol–water partition coefficient (Wildman–Crippen LogP) is 5.12. The molecule has 118 valence electrons.